The molecule has 0 aromatic carbocycles. The third-order valence-electron chi connectivity index (χ3n) is 0.803. The number of allylic oxidation sites excluding steroid dienone is 1. The quantitative estimate of drug-likeness (QED) is 0.587. The van der Waals surface area contributed by atoms with Crippen LogP contribution >= 0.6 is 0 Å². The van der Waals surface area contributed by atoms with Crippen molar-refractivity contribution in [3.05, 3.63) is 24.9 Å². The molecule has 0 aliphatic rings. The van der Waals surface area contributed by atoms with Gasteiger partial charge in [0.15, 0.2) is 5.78 Å². The van der Waals surface area contributed by atoms with E-state index in [1.165, 1.54) is 0 Å². The molecule has 0 aliphatic carbocycles. The number of ketones is 1. The van der Waals surface area contributed by atoms with Gasteiger partial charge in [-0.3, -0.25) is 4.79 Å². The third-order valence-corrected chi connectivity index (χ3v) is 0.803. The van der Waals surface area contributed by atoms with Crippen LogP contribution in [0.2, 0.25) is 0 Å². The number of hydrogen-bond acceptors (Lipinski definition) is 4. The zero-order valence-corrected chi connectivity index (χ0v) is 5.99. The molecule has 0 aromatic heterocycles. The highest BCUT2D eigenvalue weighted by atomic mass is 16.5. The Labute approximate surface area is 64.4 Å². The van der Waals surface area contributed by atoms with Crippen molar-refractivity contribution in [3.63, 3.8) is 0 Å². The van der Waals surface area contributed by atoms with Crippen molar-refractivity contribution in [2.24, 2.45) is 0 Å². The van der Waals surface area contributed by atoms with Gasteiger partial charge < -0.3 is 14.9 Å². The lowest BCUT2D eigenvalue weighted by Crippen LogP contribution is -2.06. The van der Waals surface area contributed by atoms with E-state index in [1.807, 2.05) is 0 Å². The molecule has 0 unspecified atom stereocenters. The highest BCUT2D eigenvalue weighted by Crippen LogP contribution is 1.93. The molecule has 0 saturated heterocycles. The molecule has 0 radical (unpaired) electrons. The fourth-order valence-electron chi connectivity index (χ4n) is 0.463. The molecule has 62 valence electrons. The number of aliphatic hydroxyl groups excluding tert-OH is 2. The SMILES string of the molecule is C=C(O)CC(=O)CO/C=C/O. The largest absolute Gasteiger partial charge is 0.512 e. The van der Waals surface area contributed by atoms with Gasteiger partial charge in [0.2, 0.25) is 0 Å². The molecule has 0 bridgehead atoms. The molecule has 11 heavy (non-hydrogen) atoms. The van der Waals surface area contributed by atoms with Crippen LogP contribution < -0.4 is 0 Å². The van der Waals surface area contributed by atoms with E-state index in [9.17, 15) is 4.79 Å². The average molecular weight is 158 g/mol. The second-order valence-electron chi connectivity index (χ2n) is 1.88. The van der Waals surface area contributed by atoms with Crippen molar-refractivity contribution in [1.82, 2.24) is 0 Å². The van der Waals surface area contributed by atoms with Crippen molar-refractivity contribution in [2.45, 2.75) is 6.42 Å². The Morgan fingerprint density at radius 1 is 1.64 bits per heavy atom. The monoisotopic (exact) mass is 158 g/mol. The number of carbonyl (C=O) groups is 1. The highest BCUT2D eigenvalue weighted by molar-refractivity contribution is 5.81. The lowest BCUT2D eigenvalue weighted by Gasteiger charge is -1.97. The zero-order chi connectivity index (χ0) is 8.69. The second kappa shape index (κ2) is 5.34. The summed E-state index contributed by atoms with van der Waals surface area (Å²) in [7, 11) is 0. The minimum atomic E-state index is -0.296. The molecule has 4 heteroatoms. The van der Waals surface area contributed by atoms with Gasteiger partial charge in [-0.15, -0.1) is 0 Å². The number of Topliss-reactive ketones (excluding diaryl/α,β-unsaturated/α-hetero) is 1. The van der Waals surface area contributed by atoms with Crippen LogP contribution in [0.1, 0.15) is 6.42 Å². The maximum absolute atomic E-state index is 10.7. The molecular weight excluding hydrogens is 148 g/mol. The number of carbonyl (C=O) groups excluding carboxylic acids is 1. The molecule has 0 aliphatic heterocycles. The maximum atomic E-state index is 10.7. The summed E-state index contributed by atoms with van der Waals surface area (Å²) in [6.45, 7) is 2.97. The van der Waals surface area contributed by atoms with E-state index in [-0.39, 0.29) is 24.6 Å². The van der Waals surface area contributed by atoms with E-state index in [4.69, 9.17) is 10.2 Å². The molecule has 0 atom stereocenters. The van der Waals surface area contributed by atoms with E-state index in [1.54, 1.807) is 0 Å². The average Bonchev–Trinajstić information content (AvgIpc) is 1.86. The summed E-state index contributed by atoms with van der Waals surface area (Å²) >= 11 is 0. The summed E-state index contributed by atoms with van der Waals surface area (Å²) in [5.74, 6) is -0.484. The molecule has 0 rings (SSSR count). The van der Waals surface area contributed by atoms with Crippen LogP contribution in [-0.2, 0) is 9.53 Å². The van der Waals surface area contributed by atoms with E-state index in [2.05, 4.69) is 11.3 Å². The standard InChI is InChI=1S/C7H10O4/c1-6(9)4-7(10)5-11-3-2-8/h2-3,8-9H,1,4-5H2/b3-2+. The number of aliphatic hydroxyl groups is 2. The van der Waals surface area contributed by atoms with Gasteiger partial charge in [-0.1, -0.05) is 6.58 Å². The van der Waals surface area contributed by atoms with Crippen molar-refractivity contribution in [2.75, 3.05) is 6.61 Å². The zero-order valence-electron chi connectivity index (χ0n) is 5.99. The summed E-state index contributed by atoms with van der Waals surface area (Å²) in [6, 6.07) is 0. The van der Waals surface area contributed by atoms with Crippen LogP contribution in [0.15, 0.2) is 24.9 Å². The Bertz CT molecular complexity index is 171. The smallest absolute Gasteiger partial charge is 0.177 e. The minimum absolute atomic E-state index is 0.112. The van der Waals surface area contributed by atoms with Gasteiger partial charge in [0.25, 0.3) is 0 Å². The Morgan fingerprint density at radius 2 is 2.27 bits per heavy atom. The van der Waals surface area contributed by atoms with E-state index in [0.717, 1.165) is 6.26 Å². The molecule has 2 N–H and O–H groups in total. The highest BCUT2D eigenvalue weighted by Gasteiger charge is 2.01. The van der Waals surface area contributed by atoms with Gasteiger partial charge in [0, 0.05) is 0 Å². The lowest BCUT2D eigenvalue weighted by atomic mass is 10.3. The molecule has 0 heterocycles. The summed E-state index contributed by atoms with van der Waals surface area (Å²) in [5.41, 5.74) is 0. The first-order valence-corrected chi connectivity index (χ1v) is 2.96. The molecule has 0 aromatic rings. The van der Waals surface area contributed by atoms with E-state index >= 15 is 0 Å². The predicted molar refractivity (Wildman–Crippen MR) is 39.1 cm³/mol. The molecular formula is C7H10O4. The fourth-order valence-corrected chi connectivity index (χ4v) is 0.463. The van der Waals surface area contributed by atoms with Gasteiger partial charge in [-0.25, -0.2) is 0 Å². The normalized spacial score (nSPS) is 9.82. The van der Waals surface area contributed by atoms with Crippen LogP contribution in [0.25, 0.3) is 0 Å². The van der Waals surface area contributed by atoms with E-state index < -0.39 is 0 Å². The molecule has 4 nitrogen and oxygen atoms in total. The Morgan fingerprint density at radius 3 is 2.73 bits per heavy atom. The van der Waals surface area contributed by atoms with Crippen LogP contribution in [0, 0.1) is 0 Å². The van der Waals surface area contributed by atoms with Crippen LogP contribution in [-0.4, -0.2) is 22.6 Å². The van der Waals surface area contributed by atoms with Gasteiger partial charge >= 0.3 is 0 Å². The molecule has 0 spiro atoms. The summed E-state index contributed by atoms with van der Waals surface area (Å²) in [5, 5.41) is 16.6. The van der Waals surface area contributed by atoms with Gasteiger partial charge in [0.05, 0.1) is 12.2 Å². The maximum Gasteiger partial charge on any atom is 0.177 e. The lowest BCUT2D eigenvalue weighted by molar-refractivity contribution is -0.121. The summed E-state index contributed by atoms with van der Waals surface area (Å²) < 4.78 is 4.51. The first-order valence-electron chi connectivity index (χ1n) is 2.96. The first-order chi connectivity index (χ1) is 5.16. The predicted octanol–water partition coefficient (Wildman–Crippen LogP) is 1.06. The van der Waals surface area contributed by atoms with Crippen molar-refractivity contribution in [1.29, 1.82) is 0 Å². The first kappa shape index (κ1) is 9.55. The molecule has 0 saturated carbocycles. The summed E-state index contributed by atoms with van der Waals surface area (Å²) in [4.78, 5) is 10.7. The van der Waals surface area contributed by atoms with Gasteiger partial charge in [-0.2, -0.15) is 0 Å². The minimum Gasteiger partial charge on any atom is -0.512 e. The van der Waals surface area contributed by atoms with Crippen LogP contribution in [0.4, 0.5) is 0 Å². The van der Waals surface area contributed by atoms with Crippen molar-refractivity contribution >= 4 is 5.78 Å². The number of hydrogen-bond donors (Lipinski definition) is 2. The Hall–Kier alpha value is -1.45. The Balaban J connectivity index is 3.45. The topological polar surface area (TPSA) is 66.8 Å². The number of ether oxygens (including phenoxy) is 1. The van der Waals surface area contributed by atoms with Crippen molar-refractivity contribution < 1.29 is 19.7 Å². The van der Waals surface area contributed by atoms with Gasteiger partial charge in [0.1, 0.15) is 19.1 Å². The van der Waals surface area contributed by atoms with E-state index in [0.29, 0.717) is 6.26 Å². The molecule has 0 fully saturated rings. The Kier molecular flexibility index (Phi) is 4.64. The van der Waals surface area contributed by atoms with Crippen LogP contribution in [0.5, 0.6) is 0 Å². The number of rotatable bonds is 5. The fraction of sp³-hybridized carbons (Fsp3) is 0.286. The van der Waals surface area contributed by atoms with Crippen LogP contribution in [0.3, 0.4) is 0 Å². The second-order valence-corrected chi connectivity index (χ2v) is 1.88. The third kappa shape index (κ3) is 6.44. The molecule has 0 amide bonds. The van der Waals surface area contributed by atoms with Crippen molar-refractivity contribution in [3.8, 4) is 0 Å². The van der Waals surface area contributed by atoms with Gasteiger partial charge in [-0.05, 0) is 0 Å². The summed E-state index contributed by atoms with van der Waals surface area (Å²) in [6.07, 6.45) is 1.55.